The highest BCUT2D eigenvalue weighted by atomic mass is 16.4. The van der Waals surface area contributed by atoms with Gasteiger partial charge in [0.2, 0.25) is 0 Å². The molecule has 2 rings (SSSR count). The lowest BCUT2D eigenvalue weighted by Crippen LogP contribution is -2.49. The molecule has 12 heteroatoms. The van der Waals surface area contributed by atoms with E-state index in [1.807, 2.05) is 12.1 Å². The van der Waals surface area contributed by atoms with E-state index in [9.17, 15) is 29.4 Å². The van der Waals surface area contributed by atoms with Crippen molar-refractivity contribution in [2.24, 2.45) is 0 Å². The molecule has 0 aliphatic heterocycles. The van der Waals surface area contributed by atoms with Gasteiger partial charge in [0.25, 0.3) is 0 Å². The lowest BCUT2D eigenvalue weighted by atomic mass is 10.00. The van der Waals surface area contributed by atoms with E-state index in [0.29, 0.717) is 22.5 Å². The van der Waals surface area contributed by atoms with Crippen molar-refractivity contribution < 1.29 is 39.6 Å². The SMILES string of the molecule is Cc1cc(-c2ccc(NC(=O)N[C@H](C(=O)O)[C@@H](C)O)c(C)c2)ccc1NC(=O)N[C@H](C(=O)O)[C@@H](C)O. The molecule has 0 spiro atoms. The monoisotopic (exact) mass is 502 g/mol. The van der Waals surface area contributed by atoms with Gasteiger partial charge in [0.05, 0.1) is 12.2 Å². The number of aliphatic hydroxyl groups is 2. The summed E-state index contributed by atoms with van der Waals surface area (Å²) in [5, 5.41) is 46.7. The van der Waals surface area contributed by atoms with Crippen LogP contribution in [-0.4, -0.2) is 68.7 Å². The molecule has 0 unspecified atom stereocenters. The zero-order valence-corrected chi connectivity index (χ0v) is 20.2. The zero-order chi connectivity index (χ0) is 27.2. The minimum atomic E-state index is -1.45. The third-order valence-electron chi connectivity index (χ3n) is 5.35. The van der Waals surface area contributed by atoms with Gasteiger partial charge in [-0.25, -0.2) is 19.2 Å². The smallest absolute Gasteiger partial charge is 0.328 e. The van der Waals surface area contributed by atoms with Crippen LogP contribution in [0.1, 0.15) is 25.0 Å². The quantitative estimate of drug-likeness (QED) is 0.254. The minimum absolute atomic E-state index is 0.448. The summed E-state index contributed by atoms with van der Waals surface area (Å²) in [7, 11) is 0. The van der Waals surface area contributed by atoms with Crippen LogP contribution in [0.25, 0.3) is 11.1 Å². The molecule has 194 valence electrons. The topological polar surface area (TPSA) is 197 Å². The lowest BCUT2D eigenvalue weighted by molar-refractivity contribution is -0.142. The number of aryl methyl sites for hydroxylation is 2. The van der Waals surface area contributed by atoms with Gasteiger partial charge in [0, 0.05) is 11.4 Å². The first-order valence-corrected chi connectivity index (χ1v) is 11.0. The predicted molar refractivity (Wildman–Crippen MR) is 132 cm³/mol. The van der Waals surface area contributed by atoms with Crippen LogP contribution in [-0.2, 0) is 9.59 Å². The van der Waals surface area contributed by atoms with Crippen LogP contribution >= 0.6 is 0 Å². The molecule has 0 saturated carbocycles. The first kappa shape index (κ1) is 28.1. The maximum absolute atomic E-state index is 12.2. The first-order valence-electron chi connectivity index (χ1n) is 11.0. The third kappa shape index (κ3) is 7.42. The number of carboxylic acid groups (broad SMARTS) is 2. The molecule has 0 aliphatic carbocycles. The Morgan fingerprint density at radius 1 is 0.667 bits per heavy atom. The number of nitrogens with one attached hydrogen (secondary N) is 4. The van der Waals surface area contributed by atoms with Crippen LogP contribution in [0.4, 0.5) is 21.0 Å². The molecule has 8 N–H and O–H groups in total. The second-order valence-corrected chi connectivity index (χ2v) is 8.37. The van der Waals surface area contributed by atoms with E-state index in [4.69, 9.17) is 10.2 Å². The average Bonchev–Trinajstić information content (AvgIpc) is 2.77. The maximum atomic E-state index is 12.2. The van der Waals surface area contributed by atoms with Gasteiger partial charge in [-0.1, -0.05) is 12.1 Å². The Morgan fingerprint density at radius 3 is 1.25 bits per heavy atom. The summed E-state index contributed by atoms with van der Waals surface area (Å²) >= 11 is 0. The minimum Gasteiger partial charge on any atom is -0.480 e. The second kappa shape index (κ2) is 12.0. The summed E-state index contributed by atoms with van der Waals surface area (Å²) in [6.45, 7) is 6.04. The fraction of sp³-hybridized carbons (Fsp3) is 0.333. The van der Waals surface area contributed by atoms with Crippen LogP contribution in [0.5, 0.6) is 0 Å². The number of anilines is 2. The Hall–Kier alpha value is -4.16. The van der Waals surface area contributed by atoms with Crippen molar-refractivity contribution >= 4 is 35.4 Å². The van der Waals surface area contributed by atoms with E-state index in [2.05, 4.69) is 21.3 Å². The average molecular weight is 503 g/mol. The zero-order valence-electron chi connectivity index (χ0n) is 20.2. The molecule has 0 aromatic heterocycles. The van der Waals surface area contributed by atoms with Crippen LogP contribution in [0.2, 0.25) is 0 Å². The van der Waals surface area contributed by atoms with E-state index < -0.39 is 48.3 Å². The van der Waals surface area contributed by atoms with Crippen molar-refractivity contribution in [3.8, 4) is 11.1 Å². The molecule has 4 atom stereocenters. The Morgan fingerprint density at radius 2 is 1.00 bits per heavy atom. The number of aliphatic hydroxyl groups excluding tert-OH is 2. The molecule has 0 bridgehead atoms. The molecule has 0 radical (unpaired) electrons. The van der Waals surface area contributed by atoms with Gasteiger partial charge >= 0.3 is 24.0 Å². The van der Waals surface area contributed by atoms with Crippen LogP contribution < -0.4 is 21.3 Å². The van der Waals surface area contributed by atoms with Crippen molar-refractivity contribution in [2.75, 3.05) is 10.6 Å². The molecule has 0 saturated heterocycles. The summed E-state index contributed by atoms with van der Waals surface area (Å²) in [5.41, 5.74) is 3.91. The first-order chi connectivity index (χ1) is 16.8. The molecule has 0 heterocycles. The van der Waals surface area contributed by atoms with E-state index in [1.165, 1.54) is 13.8 Å². The highest BCUT2D eigenvalue weighted by molar-refractivity contribution is 5.94. The summed E-state index contributed by atoms with van der Waals surface area (Å²) < 4.78 is 0. The van der Waals surface area contributed by atoms with Gasteiger partial charge in [-0.2, -0.15) is 0 Å². The Kier molecular flexibility index (Phi) is 9.36. The number of hydrogen-bond acceptors (Lipinski definition) is 6. The molecule has 36 heavy (non-hydrogen) atoms. The van der Waals surface area contributed by atoms with E-state index in [1.54, 1.807) is 38.1 Å². The van der Waals surface area contributed by atoms with Crippen molar-refractivity contribution in [3.63, 3.8) is 0 Å². The summed E-state index contributed by atoms with van der Waals surface area (Å²) in [6.07, 6.45) is -2.55. The van der Waals surface area contributed by atoms with E-state index >= 15 is 0 Å². The van der Waals surface area contributed by atoms with Gasteiger partial charge in [-0.3, -0.25) is 0 Å². The van der Waals surface area contributed by atoms with E-state index in [-0.39, 0.29) is 0 Å². The molecule has 0 fully saturated rings. The highest BCUT2D eigenvalue weighted by Crippen LogP contribution is 2.28. The maximum Gasteiger partial charge on any atom is 0.328 e. The van der Waals surface area contributed by atoms with Crippen molar-refractivity contribution in [1.29, 1.82) is 0 Å². The molecular weight excluding hydrogens is 472 g/mol. The van der Waals surface area contributed by atoms with Gasteiger partial charge in [-0.15, -0.1) is 0 Å². The van der Waals surface area contributed by atoms with Crippen molar-refractivity contribution in [3.05, 3.63) is 47.5 Å². The number of benzene rings is 2. The van der Waals surface area contributed by atoms with Crippen LogP contribution in [0, 0.1) is 13.8 Å². The summed E-state index contributed by atoms with van der Waals surface area (Å²) in [6, 6.07) is 5.97. The molecule has 0 aliphatic rings. The molecule has 12 nitrogen and oxygen atoms in total. The lowest BCUT2D eigenvalue weighted by Gasteiger charge is -2.19. The highest BCUT2D eigenvalue weighted by Gasteiger charge is 2.26. The van der Waals surface area contributed by atoms with Crippen molar-refractivity contribution in [2.45, 2.75) is 52.0 Å². The molecular formula is C24H30N4O8. The van der Waals surface area contributed by atoms with Crippen molar-refractivity contribution in [1.82, 2.24) is 10.6 Å². The van der Waals surface area contributed by atoms with Crippen LogP contribution in [0.15, 0.2) is 36.4 Å². The number of rotatable bonds is 9. The van der Waals surface area contributed by atoms with Gasteiger partial charge in [-0.05, 0) is 74.2 Å². The number of carbonyl (C=O) groups excluding carboxylic acids is 2. The summed E-state index contributed by atoms with van der Waals surface area (Å²) in [5.74, 6) is -2.72. The molecule has 2 aromatic rings. The largest absolute Gasteiger partial charge is 0.480 e. The molecule has 4 amide bonds. The molecule has 2 aromatic carbocycles. The number of carbonyl (C=O) groups is 4. The predicted octanol–water partition coefficient (Wildman–Crippen LogP) is 1.88. The number of aliphatic carboxylic acids is 2. The van der Waals surface area contributed by atoms with Gasteiger partial charge in [0.15, 0.2) is 12.1 Å². The van der Waals surface area contributed by atoms with Crippen LogP contribution in [0.3, 0.4) is 0 Å². The van der Waals surface area contributed by atoms with Gasteiger partial charge in [0.1, 0.15) is 0 Å². The number of urea groups is 2. The Bertz CT molecular complexity index is 1060. The number of amides is 4. The summed E-state index contributed by atoms with van der Waals surface area (Å²) in [4.78, 5) is 46.6. The standard InChI is InChI=1S/C24H30N4O8/c1-11-9-15(5-7-17(11)25-23(35)27-19(13(3)29)21(31)32)16-6-8-18(12(2)10-16)26-24(36)28-20(14(4)30)22(33)34/h5-10,13-14,19-20,29-30H,1-4H3,(H,31,32)(H,33,34)(H2,25,27,35)(H2,26,28,36)/t13-,14-,19+,20+/m1/s1. The fourth-order valence-corrected chi connectivity index (χ4v) is 3.34. The third-order valence-corrected chi connectivity index (χ3v) is 5.35. The van der Waals surface area contributed by atoms with E-state index in [0.717, 1.165) is 11.1 Å². The number of hydrogen-bond donors (Lipinski definition) is 8. The Labute approximate surface area is 207 Å². The Balaban J connectivity index is 2.12. The second-order valence-electron chi connectivity index (χ2n) is 8.37. The fourth-order valence-electron chi connectivity index (χ4n) is 3.34. The number of carboxylic acids is 2. The van der Waals surface area contributed by atoms with Gasteiger partial charge < -0.3 is 41.7 Å². The normalized spacial score (nSPS) is 14.1.